The van der Waals surface area contributed by atoms with Crippen molar-refractivity contribution < 1.29 is 5.11 Å². The van der Waals surface area contributed by atoms with Crippen LogP contribution in [0.1, 0.15) is 12.8 Å². The van der Waals surface area contributed by atoms with Crippen LogP contribution in [0.4, 0.5) is 5.82 Å². The molecule has 1 heterocycles. The first-order valence-corrected chi connectivity index (χ1v) is 5.02. The Labute approximate surface area is 92.3 Å². The Balaban J connectivity index is 2.45. The van der Waals surface area contributed by atoms with Crippen molar-refractivity contribution in [3.8, 4) is 0 Å². The summed E-state index contributed by atoms with van der Waals surface area (Å²) in [6.07, 6.45) is 3.06. The van der Waals surface area contributed by atoms with Crippen LogP contribution >= 0.6 is 23.2 Å². The zero-order valence-electron chi connectivity index (χ0n) is 7.50. The van der Waals surface area contributed by atoms with Gasteiger partial charge in [-0.25, -0.2) is 4.98 Å². The summed E-state index contributed by atoms with van der Waals surface area (Å²) in [6, 6.07) is 0. The third-order valence-corrected chi connectivity index (χ3v) is 2.05. The molecule has 78 valence electrons. The van der Waals surface area contributed by atoms with Gasteiger partial charge in [0.1, 0.15) is 10.8 Å². The number of rotatable bonds is 5. The van der Waals surface area contributed by atoms with Gasteiger partial charge in [-0.15, -0.1) is 0 Å². The molecule has 0 spiro atoms. The summed E-state index contributed by atoms with van der Waals surface area (Å²) in [4.78, 5) is 7.65. The molecule has 0 amide bonds. The van der Waals surface area contributed by atoms with E-state index in [9.17, 15) is 0 Å². The topological polar surface area (TPSA) is 58.0 Å². The van der Waals surface area contributed by atoms with E-state index in [4.69, 9.17) is 28.3 Å². The maximum absolute atomic E-state index is 8.56. The highest BCUT2D eigenvalue weighted by Crippen LogP contribution is 2.19. The summed E-state index contributed by atoms with van der Waals surface area (Å²) in [7, 11) is 0. The Hall–Kier alpha value is -0.580. The van der Waals surface area contributed by atoms with E-state index in [1.165, 1.54) is 6.20 Å². The zero-order chi connectivity index (χ0) is 10.4. The SMILES string of the molecule is OCCCCNc1nc(Cl)ncc1Cl. The summed E-state index contributed by atoms with van der Waals surface area (Å²) in [5, 5.41) is 12.2. The molecule has 0 aliphatic heterocycles. The minimum atomic E-state index is 0.166. The summed E-state index contributed by atoms with van der Waals surface area (Å²) in [6.45, 7) is 0.896. The first-order valence-electron chi connectivity index (χ1n) is 4.27. The van der Waals surface area contributed by atoms with Gasteiger partial charge < -0.3 is 10.4 Å². The lowest BCUT2D eigenvalue weighted by atomic mass is 10.3. The monoisotopic (exact) mass is 235 g/mol. The van der Waals surface area contributed by atoms with Gasteiger partial charge >= 0.3 is 0 Å². The normalized spacial score (nSPS) is 10.2. The molecule has 0 aliphatic rings. The Morgan fingerprint density at radius 1 is 1.36 bits per heavy atom. The summed E-state index contributed by atoms with van der Waals surface area (Å²) in [5.41, 5.74) is 0. The second-order valence-electron chi connectivity index (χ2n) is 2.69. The maximum atomic E-state index is 8.56. The second-order valence-corrected chi connectivity index (χ2v) is 3.44. The van der Waals surface area contributed by atoms with E-state index in [2.05, 4.69) is 15.3 Å². The number of aliphatic hydroxyl groups excluding tert-OH is 1. The zero-order valence-corrected chi connectivity index (χ0v) is 9.02. The van der Waals surface area contributed by atoms with Crippen LogP contribution < -0.4 is 5.32 Å². The van der Waals surface area contributed by atoms with Crippen molar-refractivity contribution in [3.63, 3.8) is 0 Å². The van der Waals surface area contributed by atoms with Crippen molar-refractivity contribution in [2.75, 3.05) is 18.5 Å². The lowest BCUT2D eigenvalue weighted by Gasteiger charge is -2.05. The van der Waals surface area contributed by atoms with Crippen molar-refractivity contribution in [1.29, 1.82) is 0 Å². The molecule has 0 unspecified atom stereocenters. The highest BCUT2D eigenvalue weighted by Gasteiger charge is 2.02. The number of hydrogen-bond acceptors (Lipinski definition) is 4. The fraction of sp³-hybridized carbons (Fsp3) is 0.500. The number of aromatic nitrogens is 2. The van der Waals surface area contributed by atoms with Crippen LogP contribution in [0.5, 0.6) is 0 Å². The smallest absolute Gasteiger partial charge is 0.224 e. The molecule has 14 heavy (non-hydrogen) atoms. The largest absolute Gasteiger partial charge is 0.396 e. The number of anilines is 1. The van der Waals surface area contributed by atoms with E-state index in [0.29, 0.717) is 17.4 Å². The van der Waals surface area contributed by atoms with Gasteiger partial charge in [0.05, 0.1) is 6.20 Å². The van der Waals surface area contributed by atoms with E-state index in [1.807, 2.05) is 0 Å². The molecule has 6 heteroatoms. The Morgan fingerprint density at radius 2 is 2.14 bits per heavy atom. The van der Waals surface area contributed by atoms with Gasteiger partial charge in [-0.1, -0.05) is 11.6 Å². The fourth-order valence-electron chi connectivity index (χ4n) is 0.913. The van der Waals surface area contributed by atoms with Crippen LogP contribution in [0.15, 0.2) is 6.20 Å². The van der Waals surface area contributed by atoms with Gasteiger partial charge in [-0.05, 0) is 24.4 Å². The standard InChI is InChI=1S/C8H11Cl2N3O/c9-6-5-12-8(10)13-7(6)11-3-1-2-4-14/h5,14H,1-4H2,(H,11,12,13). The molecule has 0 saturated carbocycles. The molecule has 4 nitrogen and oxygen atoms in total. The molecule has 0 aliphatic carbocycles. The van der Waals surface area contributed by atoms with Gasteiger partial charge in [0, 0.05) is 13.2 Å². The summed E-state index contributed by atoms with van der Waals surface area (Å²) < 4.78 is 0. The molecule has 0 bridgehead atoms. The van der Waals surface area contributed by atoms with Crippen molar-refractivity contribution in [2.24, 2.45) is 0 Å². The summed E-state index contributed by atoms with van der Waals surface area (Å²) in [5.74, 6) is 0.532. The highest BCUT2D eigenvalue weighted by molar-refractivity contribution is 6.33. The molecule has 0 fully saturated rings. The summed E-state index contributed by atoms with van der Waals surface area (Å²) >= 11 is 11.4. The third-order valence-electron chi connectivity index (χ3n) is 1.59. The molecule has 1 aromatic rings. The lowest BCUT2D eigenvalue weighted by Crippen LogP contribution is -2.05. The molecule has 2 N–H and O–H groups in total. The van der Waals surface area contributed by atoms with Crippen LogP contribution in [-0.2, 0) is 0 Å². The third kappa shape index (κ3) is 3.65. The predicted octanol–water partition coefficient (Wildman–Crippen LogP) is 1.97. The number of nitrogens with zero attached hydrogens (tertiary/aromatic N) is 2. The van der Waals surface area contributed by atoms with Gasteiger partial charge in [-0.2, -0.15) is 4.98 Å². The molecular formula is C8H11Cl2N3O. The van der Waals surface area contributed by atoms with Crippen molar-refractivity contribution in [3.05, 3.63) is 16.5 Å². The van der Waals surface area contributed by atoms with E-state index in [1.54, 1.807) is 0 Å². The number of hydrogen-bond donors (Lipinski definition) is 2. The fourth-order valence-corrected chi connectivity index (χ4v) is 1.20. The van der Waals surface area contributed by atoms with E-state index in [0.717, 1.165) is 12.8 Å². The van der Waals surface area contributed by atoms with Crippen LogP contribution in [0.2, 0.25) is 10.3 Å². The quantitative estimate of drug-likeness (QED) is 0.606. The molecule has 0 saturated heterocycles. The van der Waals surface area contributed by atoms with E-state index in [-0.39, 0.29) is 11.9 Å². The Morgan fingerprint density at radius 3 is 2.86 bits per heavy atom. The predicted molar refractivity (Wildman–Crippen MR) is 56.9 cm³/mol. The van der Waals surface area contributed by atoms with Gasteiger partial charge in [0.2, 0.25) is 5.28 Å². The highest BCUT2D eigenvalue weighted by atomic mass is 35.5. The number of aliphatic hydroxyl groups is 1. The van der Waals surface area contributed by atoms with Crippen LogP contribution in [0.25, 0.3) is 0 Å². The molecular weight excluding hydrogens is 225 g/mol. The van der Waals surface area contributed by atoms with Crippen molar-refractivity contribution >= 4 is 29.0 Å². The van der Waals surface area contributed by atoms with Crippen molar-refractivity contribution in [2.45, 2.75) is 12.8 Å². The van der Waals surface area contributed by atoms with Crippen molar-refractivity contribution in [1.82, 2.24) is 9.97 Å². The van der Waals surface area contributed by atoms with Gasteiger partial charge in [-0.3, -0.25) is 0 Å². The van der Waals surface area contributed by atoms with Crippen LogP contribution in [0.3, 0.4) is 0 Å². The van der Waals surface area contributed by atoms with Crippen LogP contribution in [-0.4, -0.2) is 28.2 Å². The van der Waals surface area contributed by atoms with Gasteiger partial charge in [0.15, 0.2) is 0 Å². The Kier molecular flexibility index (Phi) is 4.93. The minimum Gasteiger partial charge on any atom is -0.396 e. The molecule has 0 radical (unpaired) electrons. The first kappa shape index (κ1) is 11.5. The average molecular weight is 236 g/mol. The Bertz CT molecular complexity index is 296. The second kappa shape index (κ2) is 6.01. The van der Waals surface area contributed by atoms with Crippen LogP contribution in [0, 0.1) is 0 Å². The van der Waals surface area contributed by atoms with E-state index >= 15 is 0 Å². The average Bonchev–Trinajstić information content (AvgIpc) is 2.18. The van der Waals surface area contributed by atoms with E-state index < -0.39 is 0 Å². The van der Waals surface area contributed by atoms with Gasteiger partial charge in [0.25, 0.3) is 0 Å². The molecule has 0 aromatic carbocycles. The first-order chi connectivity index (χ1) is 6.74. The number of halogens is 2. The number of nitrogens with one attached hydrogen (secondary N) is 1. The molecule has 1 rings (SSSR count). The minimum absolute atomic E-state index is 0.166. The maximum Gasteiger partial charge on any atom is 0.224 e. The molecule has 0 atom stereocenters. The number of unbranched alkanes of at least 4 members (excludes halogenated alkanes) is 1. The molecule has 1 aromatic heterocycles. The lowest BCUT2D eigenvalue weighted by molar-refractivity contribution is 0.286.